The largest absolute Gasteiger partial charge is 0.353 e. The van der Waals surface area contributed by atoms with Crippen molar-refractivity contribution in [1.29, 1.82) is 0 Å². The number of benzene rings is 1. The molecule has 1 saturated heterocycles. The summed E-state index contributed by atoms with van der Waals surface area (Å²) >= 11 is 3.55. The van der Waals surface area contributed by atoms with Crippen LogP contribution in [0.3, 0.4) is 0 Å². The molecule has 1 aliphatic rings. The molecule has 7 heteroatoms. The van der Waals surface area contributed by atoms with Gasteiger partial charge in [-0.15, -0.1) is 5.10 Å². The van der Waals surface area contributed by atoms with Crippen molar-refractivity contribution in [3.8, 4) is 0 Å². The van der Waals surface area contributed by atoms with Crippen LogP contribution in [0, 0.1) is 6.92 Å². The number of aryl methyl sites for hydroxylation is 1. The predicted octanol–water partition coefficient (Wildman–Crippen LogP) is 2.44. The second-order valence-electron chi connectivity index (χ2n) is 5.54. The molecule has 3 rings (SSSR count). The first kappa shape index (κ1) is 15.2. The summed E-state index contributed by atoms with van der Waals surface area (Å²) in [6.45, 7) is 6.05. The maximum Gasteiger partial charge on any atom is 0.249 e. The van der Waals surface area contributed by atoms with Crippen molar-refractivity contribution >= 4 is 33.4 Å². The van der Waals surface area contributed by atoms with Gasteiger partial charge in [0.2, 0.25) is 5.95 Å². The number of hydrogen-bond acceptors (Lipinski definition) is 6. The van der Waals surface area contributed by atoms with Crippen LogP contribution in [0.15, 0.2) is 28.9 Å². The number of rotatable bonds is 3. The Morgan fingerprint density at radius 1 is 1.18 bits per heavy atom. The Morgan fingerprint density at radius 2 is 1.95 bits per heavy atom. The number of nitrogens with one attached hydrogen (secondary N) is 1. The quantitative estimate of drug-likeness (QED) is 0.904. The Bertz CT molecular complexity index is 654. The Kier molecular flexibility index (Phi) is 4.54. The number of halogens is 1. The second kappa shape index (κ2) is 6.58. The summed E-state index contributed by atoms with van der Waals surface area (Å²) in [6.07, 6.45) is 1.72. The molecule has 0 radical (unpaired) electrons. The molecule has 0 bridgehead atoms. The van der Waals surface area contributed by atoms with Crippen molar-refractivity contribution in [2.45, 2.75) is 6.92 Å². The van der Waals surface area contributed by atoms with E-state index < -0.39 is 0 Å². The molecule has 0 atom stereocenters. The van der Waals surface area contributed by atoms with Crippen LogP contribution in [0.1, 0.15) is 5.56 Å². The average molecular weight is 363 g/mol. The van der Waals surface area contributed by atoms with Crippen LogP contribution in [-0.4, -0.2) is 53.3 Å². The molecular weight excluding hydrogens is 344 g/mol. The van der Waals surface area contributed by atoms with Crippen LogP contribution in [0.4, 0.5) is 17.5 Å². The molecule has 116 valence electrons. The van der Waals surface area contributed by atoms with Gasteiger partial charge in [0.05, 0.1) is 11.9 Å². The van der Waals surface area contributed by atoms with E-state index in [2.05, 4.69) is 66.3 Å². The zero-order valence-corrected chi connectivity index (χ0v) is 14.3. The number of anilines is 3. The van der Waals surface area contributed by atoms with Crippen LogP contribution in [0.2, 0.25) is 0 Å². The van der Waals surface area contributed by atoms with E-state index in [0.717, 1.165) is 42.2 Å². The molecule has 0 saturated carbocycles. The van der Waals surface area contributed by atoms with Gasteiger partial charge in [0.15, 0.2) is 5.82 Å². The minimum Gasteiger partial charge on any atom is -0.353 e. The summed E-state index contributed by atoms with van der Waals surface area (Å²) in [4.78, 5) is 9.14. The fourth-order valence-corrected chi connectivity index (χ4v) is 2.97. The zero-order valence-electron chi connectivity index (χ0n) is 12.8. The molecule has 1 N–H and O–H groups in total. The number of likely N-dealkylation sites (N-methyl/N-ethyl adjacent to an activating group) is 1. The number of piperazine rings is 1. The molecular formula is C15H19BrN6. The highest BCUT2D eigenvalue weighted by molar-refractivity contribution is 9.10. The fourth-order valence-electron chi connectivity index (χ4n) is 2.38. The van der Waals surface area contributed by atoms with Crippen LogP contribution >= 0.6 is 15.9 Å². The summed E-state index contributed by atoms with van der Waals surface area (Å²) in [6, 6.07) is 6.11. The molecule has 0 aliphatic carbocycles. The van der Waals surface area contributed by atoms with Gasteiger partial charge in [-0.2, -0.15) is 10.1 Å². The molecule has 0 spiro atoms. The summed E-state index contributed by atoms with van der Waals surface area (Å²) in [5.74, 6) is 1.38. The minimum absolute atomic E-state index is 0.515. The van der Waals surface area contributed by atoms with Gasteiger partial charge in [0.25, 0.3) is 0 Å². The lowest BCUT2D eigenvalue weighted by Crippen LogP contribution is -2.44. The lowest BCUT2D eigenvalue weighted by atomic mass is 10.2. The van der Waals surface area contributed by atoms with Crippen molar-refractivity contribution < 1.29 is 0 Å². The number of hydrogen-bond donors (Lipinski definition) is 1. The molecule has 1 aromatic heterocycles. The predicted molar refractivity (Wildman–Crippen MR) is 91.7 cm³/mol. The van der Waals surface area contributed by atoms with E-state index in [9.17, 15) is 0 Å². The first-order valence-corrected chi connectivity index (χ1v) is 8.07. The third-order valence-electron chi connectivity index (χ3n) is 3.74. The van der Waals surface area contributed by atoms with Gasteiger partial charge in [0.1, 0.15) is 0 Å². The van der Waals surface area contributed by atoms with Crippen molar-refractivity contribution in [3.05, 3.63) is 34.4 Å². The standard InChI is InChI=1S/C15H19BrN6/c1-11-3-4-13(12(16)9-11)18-15-19-14(10-17-20-15)22-7-5-21(2)6-8-22/h3-4,9-10H,5-8H2,1-2H3,(H,18,19,20). The maximum absolute atomic E-state index is 4.58. The molecule has 1 fully saturated rings. The highest BCUT2D eigenvalue weighted by atomic mass is 79.9. The first-order valence-electron chi connectivity index (χ1n) is 7.28. The normalized spacial score (nSPS) is 15.9. The Labute approximate surface area is 138 Å². The molecule has 1 aliphatic heterocycles. The lowest BCUT2D eigenvalue weighted by molar-refractivity contribution is 0.312. The van der Waals surface area contributed by atoms with Gasteiger partial charge < -0.3 is 15.1 Å². The lowest BCUT2D eigenvalue weighted by Gasteiger charge is -2.32. The molecule has 2 aromatic rings. The number of nitrogens with zero attached hydrogens (tertiary/aromatic N) is 5. The molecule has 22 heavy (non-hydrogen) atoms. The molecule has 0 unspecified atom stereocenters. The van der Waals surface area contributed by atoms with Gasteiger partial charge in [0, 0.05) is 30.7 Å². The highest BCUT2D eigenvalue weighted by Crippen LogP contribution is 2.25. The first-order chi connectivity index (χ1) is 10.6. The van der Waals surface area contributed by atoms with Gasteiger partial charge >= 0.3 is 0 Å². The Hall–Kier alpha value is -1.73. The Balaban J connectivity index is 1.76. The van der Waals surface area contributed by atoms with E-state index in [4.69, 9.17) is 0 Å². The van der Waals surface area contributed by atoms with Crippen LogP contribution in [-0.2, 0) is 0 Å². The Morgan fingerprint density at radius 3 is 2.68 bits per heavy atom. The van der Waals surface area contributed by atoms with Gasteiger partial charge in [-0.25, -0.2) is 0 Å². The van der Waals surface area contributed by atoms with Crippen molar-refractivity contribution in [2.24, 2.45) is 0 Å². The maximum atomic E-state index is 4.58. The van der Waals surface area contributed by atoms with E-state index >= 15 is 0 Å². The summed E-state index contributed by atoms with van der Waals surface area (Å²) in [5.41, 5.74) is 2.13. The topological polar surface area (TPSA) is 57.2 Å². The van der Waals surface area contributed by atoms with Gasteiger partial charge in [-0.05, 0) is 47.6 Å². The molecule has 6 nitrogen and oxygen atoms in total. The fraction of sp³-hybridized carbons (Fsp3) is 0.400. The molecule has 2 heterocycles. The zero-order chi connectivity index (χ0) is 15.5. The van der Waals surface area contributed by atoms with E-state index in [1.165, 1.54) is 5.56 Å². The van der Waals surface area contributed by atoms with Crippen LogP contribution < -0.4 is 10.2 Å². The van der Waals surface area contributed by atoms with Crippen molar-refractivity contribution in [2.75, 3.05) is 43.4 Å². The van der Waals surface area contributed by atoms with Crippen LogP contribution in [0.25, 0.3) is 0 Å². The average Bonchev–Trinajstić information content (AvgIpc) is 2.51. The van der Waals surface area contributed by atoms with E-state index in [1.54, 1.807) is 6.20 Å². The SMILES string of the molecule is Cc1ccc(Nc2nncc(N3CCN(C)CC3)n2)c(Br)c1. The highest BCUT2D eigenvalue weighted by Gasteiger charge is 2.16. The third-order valence-corrected chi connectivity index (χ3v) is 4.40. The smallest absolute Gasteiger partial charge is 0.249 e. The van der Waals surface area contributed by atoms with E-state index in [1.807, 2.05) is 12.1 Å². The van der Waals surface area contributed by atoms with Crippen LogP contribution in [0.5, 0.6) is 0 Å². The molecule has 1 aromatic carbocycles. The summed E-state index contributed by atoms with van der Waals surface area (Å²) in [5, 5.41) is 11.4. The van der Waals surface area contributed by atoms with E-state index in [0.29, 0.717) is 5.95 Å². The number of aromatic nitrogens is 3. The van der Waals surface area contributed by atoms with Crippen molar-refractivity contribution in [3.63, 3.8) is 0 Å². The van der Waals surface area contributed by atoms with Crippen molar-refractivity contribution in [1.82, 2.24) is 20.1 Å². The van der Waals surface area contributed by atoms with E-state index in [-0.39, 0.29) is 0 Å². The summed E-state index contributed by atoms with van der Waals surface area (Å²) in [7, 11) is 2.14. The summed E-state index contributed by atoms with van der Waals surface area (Å²) < 4.78 is 0.987. The second-order valence-corrected chi connectivity index (χ2v) is 6.39. The minimum atomic E-state index is 0.515. The monoisotopic (exact) mass is 362 g/mol. The molecule has 0 amide bonds. The third kappa shape index (κ3) is 3.53. The van der Waals surface area contributed by atoms with Gasteiger partial charge in [-0.3, -0.25) is 0 Å². The van der Waals surface area contributed by atoms with Gasteiger partial charge in [-0.1, -0.05) is 6.07 Å².